The molecule has 3 nitrogen and oxygen atoms in total. The summed E-state index contributed by atoms with van der Waals surface area (Å²) < 4.78 is 5.33. The summed E-state index contributed by atoms with van der Waals surface area (Å²) in [5, 5.41) is 8.90. The Morgan fingerprint density at radius 3 is 2.57 bits per heavy atom. The zero-order valence-corrected chi connectivity index (χ0v) is 7.93. The molecule has 0 amide bonds. The van der Waals surface area contributed by atoms with Gasteiger partial charge in [-0.3, -0.25) is 4.79 Å². The number of ether oxygens (including phenoxy) is 1. The first-order valence-corrected chi connectivity index (χ1v) is 4.54. The normalized spacial score (nSPS) is 29.9. The van der Waals surface area contributed by atoms with Crippen molar-refractivity contribution < 1.29 is 14.6 Å². The second kappa shape index (κ2) is 3.10. The SMILES string of the molecule is CO[C@]1(c2ccccc2)C[C@H]1C(=O)O. The highest BCUT2D eigenvalue weighted by molar-refractivity contribution is 5.76. The Hall–Kier alpha value is -1.35. The fourth-order valence-corrected chi connectivity index (χ4v) is 1.91. The molecule has 74 valence electrons. The molecule has 0 bridgehead atoms. The van der Waals surface area contributed by atoms with Gasteiger partial charge in [-0.15, -0.1) is 0 Å². The van der Waals surface area contributed by atoms with E-state index in [0.717, 1.165) is 5.56 Å². The highest BCUT2D eigenvalue weighted by Gasteiger charge is 2.60. The Morgan fingerprint density at radius 1 is 1.50 bits per heavy atom. The number of carboxylic acid groups (broad SMARTS) is 1. The van der Waals surface area contributed by atoms with Crippen molar-refractivity contribution in [1.29, 1.82) is 0 Å². The molecule has 1 aromatic carbocycles. The fraction of sp³-hybridized carbons (Fsp3) is 0.364. The number of hydrogen-bond acceptors (Lipinski definition) is 2. The van der Waals surface area contributed by atoms with Gasteiger partial charge in [-0.2, -0.15) is 0 Å². The summed E-state index contributed by atoms with van der Waals surface area (Å²) >= 11 is 0. The molecule has 1 aromatic rings. The van der Waals surface area contributed by atoms with Crippen LogP contribution >= 0.6 is 0 Å². The molecular formula is C11H12O3. The van der Waals surface area contributed by atoms with Crippen molar-refractivity contribution in [2.75, 3.05) is 7.11 Å². The Bertz CT molecular complexity index is 347. The average molecular weight is 192 g/mol. The van der Waals surface area contributed by atoms with Gasteiger partial charge in [-0.05, 0) is 12.0 Å². The maximum absolute atomic E-state index is 10.8. The number of rotatable bonds is 3. The molecular weight excluding hydrogens is 180 g/mol. The van der Waals surface area contributed by atoms with Crippen molar-refractivity contribution in [3.05, 3.63) is 35.9 Å². The molecule has 1 aliphatic carbocycles. The van der Waals surface area contributed by atoms with Crippen molar-refractivity contribution in [1.82, 2.24) is 0 Å². The Balaban J connectivity index is 2.29. The molecule has 1 aliphatic rings. The van der Waals surface area contributed by atoms with Gasteiger partial charge >= 0.3 is 5.97 Å². The second-order valence-corrected chi connectivity index (χ2v) is 3.55. The van der Waals surface area contributed by atoms with Crippen LogP contribution in [0.2, 0.25) is 0 Å². The van der Waals surface area contributed by atoms with E-state index in [1.54, 1.807) is 7.11 Å². The van der Waals surface area contributed by atoms with Gasteiger partial charge in [-0.25, -0.2) is 0 Å². The molecule has 0 saturated heterocycles. The summed E-state index contributed by atoms with van der Waals surface area (Å²) in [5.74, 6) is -1.18. The first kappa shape index (κ1) is 9.21. The van der Waals surface area contributed by atoms with Gasteiger partial charge in [0.1, 0.15) is 5.60 Å². The van der Waals surface area contributed by atoms with Crippen LogP contribution < -0.4 is 0 Å². The first-order chi connectivity index (χ1) is 6.70. The summed E-state index contributed by atoms with van der Waals surface area (Å²) in [6.07, 6.45) is 0.572. The second-order valence-electron chi connectivity index (χ2n) is 3.55. The predicted octanol–water partition coefficient (Wildman–Crippen LogP) is 1.63. The zero-order valence-electron chi connectivity index (χ0n) is 7.93. The molecule has 2 rings (SSSR count). The molecule has 0 unspecified atom stereocenters. The summed E-state index contributed by atoms with van der Waals surface area (Å²) in [5.41, 5.74) is 0.377. The van der Waals surface area contributed by atoms with Crippen molar-refractivity contribution in [3.8, 4) is 0 Å². The highest BCUT2D eigenvalue weighted by Crippen LogP contribution is 2.54. The monoisotopic (exact) mass is 192 g/mol. The lowest BCUT2D eigenvalue weighted by molar-refractivity contribution is -0.140. The van der Waals surface area contributed by atoms with Crippen LogP contribution in [0.15, 0.2) is 30.3 Å². The Kier molecular flexibility index (Phi) is 2.04. The van der Waals surface area contributed by atoms with Crippen molar-refractivity contribution in [2.24, 2.45) is 5.92 Å². The van der Waals surface area contributed by atoms with Crippen LogP contribution in [0.5, 0.6) is 0 Å². The van der Waals surface area contributed by atoms with Crippen LogP contribution in [-0.4, -0.2) is 18.2 Å². The Morgan fingerprint density at radius 2 is 2.14 bits per heavy atom. The number of hydrogen-bond donors (Lipinski definition) is 1. The standard InChI is InChI=1S/C11H12O3/c1-14-11(7-9(11)10(12)13)8-5-3-2-4-6-8/h2-6,9H,7H2,1H3,(H,12,13)/t9-,11-/m0/s1. The van der Waals surface area contributed by atoms with Crippen LogP contribution in [-0.2, 0) is 15.1 Å². The highest BCUT2D eigenvalue weighted by atomic mass is 16.5. The average Bonchev–Trinajstić information content (AvgIpc) is 2.95. The summed E-state index contributed by atoms with van der Waals surface area (Å²) in [4.78, 5) is 10.8. The third-order valence-electron chi connectivity index (χ3n) is 2.83. The van der Waals surface area contributed by atoms with Gasteiger partial charge in [0.25, 0.3) is 0 Å². The van der Waals surface area contributed by atoms with E-state index in [9.17, 15) is 4.79 Å². The van der Waals surface area contributed by atoms with Crippen LogP contribution in [0, 0.1) is 5.92 Å². The molecule has 1 N–H and O–H groups in total. The molecule has 0 heterocycles. The number of benzene rings is 1. The van der Waals surface area contributed by atoms with Crippen LogP contribution in [0.3, 0.4) is 0 Å². The predicted molar refractivity (Wildman–Crippen MR) is 50.9 cm³/mol. The lowest BCUT2D eigenvalue weighted by Gasteiger charge is -2.14. The van der Waals surface area contributed by atoms with E-state index in [-0.39, 0.29) is 0 Å². The van der Waals surface area contributed by atoms with Crippen molar-refractivity contribution in [3.63, 3.8) is 0 Å². The van der Waals surface area contributed by atoms with Gasteiger partial charge in [-0.1, -0.05) is 30.3 Å². The van der Waals surface area contributed by atoms with E-state index in [1.165, 1.54) is 0 Å². The minimum atomic E-state index is -0.782. The van der Waals surface area contributed by atoms with E-state index in [2.05, 4.69) is 0 Å². The van der Waals surface area contributed by atoms with E-state index in [0.29, 0.717) is 6.42 Å². The number of methoxy groups -OCH3 is 1. The Labute approximate surface area is 82.3 Å². The third-order valence-corrected chi connectivity index (χ3v) is 2.83. The summed E-state index contributed by atoms with van der Waals surface area (Å²) in [6, 6.07) is 9.52. The largest absolute Gasteiger partial charge is 0.481 e. The third kappa shape index (κ3) is 1.21. The zero-order chi connectivity index (χ0) is 10.2. The molecule has 0 aliphatic heterocycles. The van der Waals surface area contributed by atoms with Crippen molar-refractivity contribution >= 4 is 5.97 Å². The minimum absolute atomic E-state index is 0.394. The van der Waals surface area contributed by atoms with E-state index in [1.807, 2.05) is 30.3 Å². The number of carboxylic acids is 1. The van der Waals surface area contributed by atoms with Gasteiger partial charge < -0.3 is 9.84 Å². The maximum atomic E-state index is 10.8. The van der Waals surface area contributed by atoms with Crippen LogP contribution in [0.1, 0.15) is 12.0 Å². The smallest absolute Gasteiger partial charge is 0.309 e. The topological polar surface area (TPSA) is 46.5 Å². The summed E-state index contributed by atoms with van der Waals surface area (Å²) in [6.45, 7) is 0. The molecule has 0 radical (unpaired) electrons. The van der Waals surface area contributed by atoms with Crippen LogP contribution in [0.4, 0.5) is 0 Å². The lowest BCUT2D eigenvalue weighted by atomic mass is 10.1. The lowest BCUT2D eigenvalue weighted by Crippen LogP contribution is -2.16. The molecule has 3 heteroatoms. The summed E-state index contributed by atoms with van der Waals surface area (Å²) in [7, 11) is 1.57. The molecule has 14 heavy (non-hydrogen) atoms. The van der Waals surface area contributed by atoms with Gasteiger partial charge in [0, 0.05) is 7.11 Å². The van der Waals surface area contributed by atoms with E-state index < -0.39 is 17.5 Å². The fourth-order valence-electron chi connectivity index (χ4n) is 1.91. The molecule has 1 saturated carbocycles. The van der Waals surface area contributed by atoms with Gasteiger partial charge in [0.15, 0.2) is 0 Å². The van der Waals surface area contributed by atoms with Crippen LogP contribution in [0.25, 0.3) is 0 Å². The molecule has 1 fully saturated rings. The number of aliphatic carboxylic acids is 1. The van der Waals surface area contributed by atoms with E-state index in [4.69, 9.17) is 9.84 Å². The maximum Gasteiger partial charge on any atom is 0.309 e. The van der Waals surface area contributed by atoms with E-state index >= 15 is 0 Å². The molecule has 2 atom stereocenters. The number of carbonyl (C=O) groups is 1. The van der Waals surface area contributed by atoms with Gasteiger partial charge in [0.05, 0.1) is 5.92 Å². The first-order valence-electron chi connectivity index (χ1n) is 4.54. The van der Waals surface area contributed by atoms with Gasteiger partial charge in [0.2, 0.25) is 0 Å². The quantitative estimate of drug-likeness (QED) is 0.791. The molecule has 0 aromatic heterocycles. The van der Waals surface area contributed by atoms with Crippen molar-refractivity contribution in [2.45, 2.75) is 12.0 Å². The minimum Gasteiger partial charge on any atom is -0.481 e. The molecule has 0 spiro atoms.